The topological polar surface area (TPSA) is 69.6 Å². The van der Waals surface area contributed by atoms with Gasteiger partial charge in [0, 0.05) is 30.2 Å². The second-order valence-electron chi connectivity index (χ2n) is 6.66. The van der Waals surface area contributed by atoms with Gasteiger partial charge in [0.2, 0.25) is 10.0 Å². The number of likely N-dealkylation sites (tertiary alicyclic amines) is 1. The largest absolute Gasteiger partial charge is 0.390 e. The Hall–Kier alpha value is -0.110. The summed E-state index contributed by atoms with van der Waals surface area (Å²) >= 11 is 12.0. The van der Waals surface area contributed by atoms with Crippen molar-refractivity contribution in [1.82, 2.24) is 9.62 Å². The number of hydrogen-bond donors (Lipinski definition) is 2. The number of piperidine rings is 1. The van der Waals surface area contributed by atoms with Crippen molar-refractivity contribution in [2.45, 2.75) is 64.1 Å². The highest BCUT2D eigenvalue weighted by atomic mass is 35.5. The molecule has 0 radical (unpaired) electrons. The Balaban J connectivity index is 1.93. The summed E-state index contributed by atoms with van der Waals surface area (Å²) in [5.41, 5.74) is 0. The van der Waals surface area contributed by atoms with E-state index < -0.39 is 16.1 Å². The average molecular weight is 397 g/mol. The Bertz CT molecular complexity index is 609. The molecule has 24 heavy (non-hydrogen) atoms. The Morgan fingerprint density at radius 3 is 2.58 bits per heavy atom. The molecule has 2 N–H and O–H groups in total. The van der Waals surface area contributed by atoms with Gasteiger partial charge in [0.15, 0.2) is 0 Å². The van der Waals surface area contributed by atoms with Gasteiger partial charge in [-0.05, 0) is 39.5 Å². The summed E-state index contributed by atoms with van der Waals surface area (Å²) in [4.78, 5) is 2.25. The Morgan fingerprint density at radius 2 is 1.96 bits per heavy atom. The van der Waals surface area contributed by atoms with Crippen LogP contribution in [0.5, 0.6) is 0 Å². The molecule has 8 heteroatoms. The first-order chi connectivity index (χ1) is 11.2. The van der Waals surface area contributed by atoms with Crippen LogP contribution in [-0.2, 0) is 10.0 Å². The first-order valence-electron chi connectivity index (χ1n) is 8.40. The zero-order valence-corrected chi connectivity index (χ0v) is 16.5. The van der Waals surface area contributed by atoms with Crippen LogP contribution in [0.15, 0.2) is 21.0 Å². The summed E-state index contributed by atoms with van der Waals surface area (Å²) in [5, 5.41) is 10.7. The van der Waals surface area contributed by atoms with E-state index in [1.165, 1.54) is 6.42 Å². The van der Waals surface area contributed by atoms with E-state index in [4.69, 9.17) is 23.2 Å². The van der Waals surface area contributed by atoms with Crippen molar-refractivity contribution in [3.05, 3.63) is 21.0 Å². The second kappa shape index (κ2) is 8.52. The van der Waals surface area contributed by atoms with Gasteiger partial charge < -0.3 is 5.11 Å². The highest BCUT2D eigenvalue weighted by Crippen LogP contribution is 2.33. The maximum absolute atomic E-state index is 12.4. The maximum Gasteiger partial charge on any atom is 0.241 e. The Kier molecular flexibility index (Phi) is 7.17. The number of hydrogen-bond acceptors (Lipinski definition) is 4. The fourth-order valence-electron chi connectivity index (χ4n) is 3.32. The molecule has 2 aliphatic rings. The van der Waals surface area contributed by atoms with E-state index in [1.54, 1.807) is 6.08 Å². The van der Waals surface area contributed by atoms with Crippen molar-refractivity contribution in [2.24, 2.45) is 0 Å². The van der Waals surface area contributed by atoms with Crippen LogP contribution in [0.2, 0.25) is 0 Å². The van der Waals surface area contributed by atoms with E-state index in [9.17, 15) is 13.5 Å². The number of nitrogens with one attached hydrogen (secondary N) is 1. The van der Waals surface area contributed by atoms with Crippen LogP contribution in [0.4, 0.5) is 0 Å². The molecule has 1 aliphatic heterocycles. The second-order valence-corrected chi connectivity index (χ2v) is 9.23. The van der Waals surface area contributed by atoms with E-state index in [2.05, 4.69) is 23.5 Å². The molecule has 0 aromatic rings. The zero-order valence-electron chi connectivity index (χ0n) is 14.1. The van der Waals surface area contributed by atoms with Gasteiger partial charge in [-0.25, -0.2) is 13.1 Å². The lowest BCUT2D eigenvalue weighted by molar-refractivity contribution is 0.0438. The van der Waals surface area contributed by atoms with Crippen molar-refractivity contribution in [1.29, 1.82) is 0 Å². The van der Waals surface area contributed by atoms with Gasteiger partial charge in [-0.15, -0.1) is 0 Å². The van der Waals surface area contributed by atoms with Crippen LogP contribution < -0.4 is 4.72 Å². The summed E-state index contributed by atoms with van der Waals surface area (Å²) in [6, 6.07) is 0.800. The molecule has 0 aromatic carbocycles. The highest BCUT2D eigenvalue weighted by molar-refractivity contribution is 7.93. The lowest BCUT2D eigenvalue weighted by Crippen LogP contribution is -2.49. The predicted octanol–water partition coefficient (Wildman–Crippen LogP) is 2.90. The Morgan fingerprint density at radius 1 is 1.33 bits per heavy atom. The molecule has 2 rings (SSSR count). The molecule has 0 amide bonds. The van der Waals surface area contributed by atoms with E-state index in [1.807, 2.05) is 0 Å². The van der Waals surface area contributed by atoms with E-state index >= 15 is 0 Å². The Labute approximate surface area is 154 Å². The minimum atomic E-state index is -3.77. The third-order valence-corrected chi connectivity index (χ3v) is 7.26. The summed E-state index contributed by atoms with van der Waals surface area (Å²) in [6.45, 7) is 4.70. The molecule has 138 valence electrons. The standard InChI is InChI=1S/C16H26Cl2N2O3S/c1-11-5-3-6-12(2)20(11)10-13(21)9-19-24(22,23)15-8-4-7-14(17)16(15)18/h8,11-13,19,21H,3-7,9-10H2,1-2H3/t11-,12+,13-/m0/s1. The molecule has 1 saturated heterocycles. The van der Waals surface area contributed by atoms with Crippen molar-refractivity contribution < 1.29 is 13.5 Å². The first kappa shape index (κ1) is 20.2. The van der Waals surface area contributed by atoms with E-state index in [0.717, 1.165) is 12.8 Å². The lowest BCUT2D eigenvalue weighted by Gasteiger charge is -2.40. The van der Waals surface area contributed by atoms with E-state index in [0.29, 0.717) is 36.5 Å². The zero-order chi connectivity index (χ0) is 17.9. The van der Waals surface area contributed by atoms with E-state index in [-0.39, 0.29) is 16.5 Å². The van der Waals surface area contributed by atoms with Crippen molar-refractivity contribution in [2.75, 3.05) is 13.1 Å². The summed E-state index contributed by atoms with van der Waals surface area (Å²) in [5.74, 6) is 0. The fraction of sp³-hybridized carbons (Fsp3) is 0.750. The first-order valence-corrected chi connectivity index (χ1v) is 10.6. The molecular formula is C16H26Cl2N2O3S. The molecule has 0 aromatic heterocycles. The maximum atomic E-state index is 12.4. The number of nitrogens with zero attached hydrogens (tertiary/aromatic N) is 1. The number of rotatable bonds is 6. The number of sulfonamides is 1. The normalized spacial score (nSPS) is 28.0. The molecular weight excluding hydrogens is 371 g/mol. The minimum absolute atomic E-state index is 0.00678. The summed E-state index contributed by atoms with van der Waals surface area (Å²) < 4.78 is 27.2. The van der Waals surface area contributed by atoms with Gasteiger partial charge in [-0.1, -0.05) is 35.7 Å². The van der Waals surface area contributed by atoms with Crippen LogP contribution in [0.25, 0.3) is 0 Å². The summed E-state index contributed by atoms with van der Waals surface area (Å²) in [7, 11) is -3.77. The fourth-order valence-corrected chi connectivity index (χ4v) is 5.32. The third kappa shape index (κ3) is 4.96. The molecule has 0 unspecified atom stereocenters. The van der Waals surface area contributed by atoms with Gasteiger partial charge in [-0.3, -0.25) is 4.90 Å². The number of aliphatic hydroxyl groups excluding tert-OH is 1. The quantitative estimate of drug-likeness (QED) is 0.723. The molecule has 3 atom stereocenters. The molecule has 0 spiro atoms. The average Bonchev–Trinajstić information content (AvgIpc) is 2.52. The molecule has 0 saturated carbocycles. The van der Waals surface area contributed by atoms with Gasteiger partial charge in [-0.2, -0.15) is 0 Å². The third-order valence-electron chi connectivity index (χ3n) is 4.74. The molecule has 1 heterocycles. The van der Waals surface area contributed by atoms with Crippen LogP contribution in [0.1, 0.15) is 46.0 Å². The van der Waals surface area contributed by atoms with Crippen LogP contribution in [0.3, 0.4) is 0 Å². The number of aliphatic hydroxyl groups is 1. The van der Waals surface area contributed by atoms with Gasteiger partial charge >= 0.3 is 0 Å². The monoisotopic (exact) mass is 396 g/mol. The molecule has 1 aliphatic carbocycles. The van der Waals surface area contributed by atoms with Crippen LogP contribution >= 0.6 is 23.2 Å². The SMILES string of the molecule is C[C@@H]1CCC[C@H](C)N1C[C@@H](O)CNS(=O)(=O)C1=CCCC(Cl)=C1Cl. The van der Waals surface area contributed by atoms with Crippen LogP contribution in [0, 0.1) is 0 Å². The van der Waals surface area contributed by atoms with Gasteiger partial charge in [0.1, 0.15) is 0 Å². The molecule has 5 nitrogen and oxygen atoms in total. The van der Waals surface area contributed by atoms with Crippen molar-refractivity contribution in [3.63, 3.8) is 0 Å². The van der Waals surface area contributed by atoms with Crippen molar-refractivity contribution >= 4 is 33.2 Å². The smallest absolute Gasteiger partial charge is 0.241 e. The highest BCUT2D eigenvalue weighted by Gasteiger charge is 2.28. The van der Waals surface area contributed by atoms with Crippen molar-refractivity contribution in [3.8, 4) is 0 Å². The van der Waals surface area contributed by atoms with Crippen LogP contribution in [-0.4, -0.2) is 49.7 Å². The minimum Gasteiger partial charge on any atom is -0.390 e. The molecule has 1 fully saturated rings. The lowest BCUT2D eigenvalue weighted by atomic mass is 9.97. The van der Waals surface area contributed by atoms with Gasteiger partial charge in [0.25, 0.3) is 0 Å². The predicted molar refractivity (Wildman–Crippen MR) is 98.5 cm³/mol. The molecule has 0 bridgehead atoms. The number of halogens is 2. The summed E-state index contributed by atoms with van der Waals surface area (Å²) in [6.07, 6.45) is 5.29. The number of allylic oxidation sites excluding steroid dienone is 3. The van der Waals surface area contributed by atoms with Gasteiger partial charge in [0.05, 0.1) is 16.0 Å². The number of β-amino-alcohol motifs (C(OH)–C–C–N with tert-alkyl or cyclic N) is 1.